The number of benzene rings is 1. The number of nitrogens with one attached hydrogen (secondary N) is 1. The van der Waals surface area contributed by atoms with Crippen molar-refractivity contribution in [3.8, 4) is 0 Å². The number of hydrogen-bond donors (Lipinski definition) is 1. The number of fused-ring (bicyclic) bond motifs is 1. The summed E-state index contributed by atoms with van der Waals surface area (Å²) in [5.74, 6) is 0.353. The molecule has 1 aromatic carbocycles. The van der Waals surface area contributed by atoms with E-state index in [0.717, 1.165) is 12.8 Å². The molecule has 0 bridgehead atoms. The van der Waals surface area contributed by atoms with E-state index >= 15 is 0 Å². The lowest BCUT2D eigenvalue weighted by molar-refractivity contribution is 0.0599. The van der Waals surface area contributed by atoms with E-state index < -0.39 is 15.3 Å². The number of aromatic amines is 1. The quantitative estimate of drug-likeness (QED) is 0.779. The predicted molar refractivity (Wildman–Crippen MR) is 117 cm³/mol. The summed E-state index contributed by atoms with van der Waals surface area (Å²) < 4.78 is 26.7. The molecular formula is C22H28N4O4S. The minimum atomic E-state index is -3.44. The Morgan fingerprint density at radius 2 is 1.90 bits per heavy atom. The Kier molecular flexibility index (Phi) is 5.98. The topological polar surface area (TPSA) is 103 Å². The van der Waals surface area contributed by atoms with Gasteiger partial charge in [-0.15, -0.1) is 0 Å². The van der Waals surface area contributed by atoms with Crippen LogP contribution in [0.4, 0.5) is 0 Å². The third-order valence-corrected chi connectivity index (χ3v) is 8.34. The molecule has 0 aliphatic carbocycles. The highest BCUT2D eigenvalue weighted by molar-refractivity contribution is 7.89. The van der Waals surface area contributed by atoms with Crippen LogP contribution in [-0.2, 0) is 23.0 Å². The molecule has 1 atom stereocenters. The maximum Gasteiger partial charge on any atom is 0.254 e. The fourth-order valence-electron chi connectivity index (χ4n) is 4.31. The van der Waals surface area contributed by atoms with Gasteiger partial charge in [0.25, 0.3) is 11.5 Å². The van der Waals surface area contributed by atoms with Gasteiger partial charge in [-0.2, -0.15) is 4.31 Å². The molecule has 9 heteroatoms. The van der Waals surface area contributed by atoms with Crippen LogP contribution in [0.1, 0.15) is 66.6 Å². The lowest BCUT2D eigenvalue weighted by Gasteiger charge is -2.36. The van der Waals surface area contributed by atoms with Gasteiger partial charge < -0.3 is 9.88 Å². The number of carbonyl (C=O) groups is 1. The number of H-pyrrole nitrogens is 1. The molecule has 1 amide bonds. The van der Waals surface area contributed by atoms with Crippen LogP contribution in [0.2, 0.25) is 0 Å². The molecule has 1 saturated heterocycles. The minimum absolute atomic E-state index is 0.0883. The molecule has 4 rings (SSSR count). The van der Waals surface area contributed by atoms with E-state index in [1.807, 2.05) is 18.2 Å². The fourth-order valence-corrected chi connectivity index (χ4v) is 5.56. The Hall–Kier alpha value is -2.52. The molecule has 1 aromatic heterocycles. The van der Waals surface area contributed by atoms with Gasteiger partial charge in [-0.05, 0) is 51.7 Å². The van der Waals surface area contributed by atoms with Gasteiger partial charge in [0.1, 0.15) is 5.82 Å². The summed E-state index contributed by atoms with van der Waals surface area (Å²) in [7, 11) is -3.44. The molecule has 0 saturated carbocycles. The Morgan fingerprint density at radius 1 is 1.16 bits per heavy atom. The van der Waals surface area contributed by atoms with Crippen LogP contribution < -0.4 is 5.56 Å². The number of sulfonamides is 1. The number of nitrogens with zero attached hydrogens (tertiary/aromatic N) is 3. The van der Waals surface area contributed by atoms with E-state index in [0.29, 0.717) is 42.0 Å². The Labute approximate surface area is 182 Å². The van der Waals surface area contributed by atoms with Crippen molar-refractivity contribution in [1.29, 1.82) is 0 Å². The van der Waals surface area contributed by atoms with E-state index in [-0.39, 0.29) is 30.6 Å². The average molecular weight is 445 g/mol. The monoisotopic (exact) mass is 444 g/mol. The highest BCUT2D eigenvalue weighted by atomic mass is 32.2. The van der Waals surface area contributed by atoms with Gasteiger partial charge in [0.05, 0.1) is 23.5 Å². The second kappa shape index (κ2) is 8.55. The predicted octanol–water partition coefficient (Wildman–Crippen LogP) is 2.23. The van der Waals surface area contributed by atoms with Crippen molar-refractivity contribution in [3.05, 3.63) is 63.3 Å². The van der Waals surface area contributed by atoms with Gasteiger partial charge in [-0.3, -0.25) is 9.59 Å². The zero-order valence-corrected chi connectivity index (χ0v) is 18.7. The standard InChI is InChI=1S/C22H28N4O4S/c1-15(2)31(29,30)25-13-11-17-18(14-25)23-20(24-21(17)27)19-10-6-7-12-26(19)22(28)16-8-4-3-5-9-16/h3-5,8-9,15,19H,6-7,10-14H2,1-2H3,(H,23,24,27)/t19-/m1/s1. The van der Waals surface area contributed by atoms with E-state index in [9.17, 15) is 18.0 Å². The molecule has 0 unspecified atom stereocenters. The number of likely N-dealkylation sites (tertiary alicyclic amines) is 1. The first-order chi connectivity index (χ1) is 14.8. The number of carbonyl (C=O) groups excluding carboxylic acids is 1. The maximum atomic E-state index is 13.1. The molecule has 2 aromatic rings. The summed E-state index contributed by atoms with van der Waals surface area (Å²) in [5, 5.41) is -0.534. The van der Waals surface area contributed by atoms with Crippen molar-refractivity contribution in [2.24, 2.45) is 0 Å². The molecular weight excluding hydrogens is 416 g/mol. The van der Waals surface area contributed by atoms with Crippen molar-refractivity contribution in [2.75, 3.05) is 13.1 Å². The number of aromatic nitrogens is 2. The molecule has 2 aliphatic rings. The first kappa shape index (κ1) is 21.7. The number of amides is 1. The lowest BCUT2D eigenvalue weighted by atomic mass is 9.99. The van der Waals surface area contributed by atoms with Crippen LogP contribution in [0, 0.1) is 0 Å². The van der Waals surface area contributed by atoms with Crippen LogP contribution in [0.15, 0.2) is 35.1 Å². The van der Waals surface area contributed by atoms with Crippen LogP contribution in [0.25, 0.3) is 0 Å². The second-order valence-corrected chi connectivity index (χ2v) is 10.9. The fraction of sp³-hybridized carbons (Fsp3) is 0.500. The van der Waals surface area contributed by atoms with Crippen LogP contribution in [0.3, 0.4) is 0 Å². The van der Waals surface area contributed by atoms with Crippen LogP contribution >= 0.6 is 0 Å². The highest BCUT2D eigenvalue weighted by Crippen LogP contribution is 2.31. The van der Waals surface area contributed by atoms with Crippen molar-refractivity contribution in [3.63, 3.8) is 0 Å². The zero-order valence-electron chi connectivity index (χ0n) is 17.9. The highest BCUT2D eigenvalue weighted by Gasteiger charge is 2.34. The van der Waals surface area contributed by atoms with Gasteiger partial charge in [-0.1, -0.05) is 18.2 Å². The first-order valence-corrected chi connectivity index (χ1v) is 12.3. The lowest BCUT2D eigenvalue weighted by Crippen LogP contribution is -2.43. The molecule has 0 spiro atoms. The largest absolute Gasteiger partial charge is 0.328 e. The molecule has 8 nitrogen and oxygen atoms in total. The summed E-state index contributed by atoms with van der Waals surface area (Å²) in [4.78, 5) is 35.3. The first-order valence-electron chi connectivity index (χ1n) is 10.8. The Morgan fingerprint density at radius 3 is 2.61 bits per heavy atom. The second-order valence-electron chi connectivity index (χ2n) is 8.43. The average Bonchev–Trinajstić information content (AvgIpc) is 2.78. The molecule has 31 heavy (non-hydrogen) atoms. The van der Waals surface area contributed by atoms with Crippen molar-refractivity contribution < 1.29 is 13.2 Å². The van der Waals surface area contributed by atoms with Gasteiger partial charge in [0, 0.05) is 24.2 Å². The van der Waals surface area contributed by atoms with E-state index in [2.05, 4.69) is 4.98 Å². The summed E-state index contributed by atoms with van der Waals surface area (Å²) in [6.07, 6.45) is 2.86. The number of hydrogen-bond acceptors (Lipinski definition) is 5. The molecule has 2 aliphatic heterocycles. The zero-order chi connectivity index (χ0) is 22.2. The van der Waals surface area contributed by atoms with Crippen molar-refractivity contribution >= 4 is 15.9 Å². The van der Waals surface area contributed by atoms with Gasteiger partial charge in [-0.25, -0.2) is 13.4 Å². The van der Waals surface area contributed by atoms with Gasteiger partial charge in [0.2, 0.25) is 10.0 Å². The normalized spacial score (nSPS) is 20.0. The smallest absolute Gasteiger partial charge is 0.254 e. The Balaban J connectivity index is 1.67. The van der Waals surface area contributed by atoms with Gasteiger partial charge in [0.15, 0.2) is 0 Å². The van der Waals surface area contributed by atoms with Crippen LogP contribution in [-0.4, -0.2) is 51.8 Å². The molecule has 166 valence electrons. The maximum absolute atomic E-state index is 13.1. The number of rotatable bonds is 4. The van der Waals surface area contributed by atoms with E-state index in [1.54, 1.807) is 30.9 Å². The summed E-state index contributed by atoms with van der Waals surface area (Å²) >= 11 is 0. The molecule has 1 N–H and O–H groups in total. The third-order valence-electron chi connectivity index (χ3n) is 6.11. The third kappa shape index (κ3) is 4.16. The van der Waals surface area contributed by atoms with Crippen LogP contribution in [0.5, 0.6) is 0 Å². The SMILES string of the molecule is CC(C)S(=O)(=O)N1CCc2c(nc([C@H]3CCCCN3C(=O)c3ccccc3)[nH]c2=O)C1. The number of piperidine rings is 1. The Bertz CT molecular complexity index is 1130. The van der Waals surface area contributed by atoms with Crippen molar-refractivity contribution in [2.45, 2.75) is 57.4 Å². The van der Waals surface area contributed by atoms with E-state index in [1.165, 1.54) is 4.31 Å². The minimum Gasteiger partial charge on any atom is -0.328 e. The molecule has 3 heterocycles. The van der Waals surface area contributed by atoms with E-state index in [4.69, 9.17) is 4.98 Å². The molecule has 0 radical (unpaired) electrons. The van der Waals surface area contributed by atoms with Crippen molar-refractivity contribution in [1.82, 2.24) is 19.2 Å². The van der Waals surface area contributed by atoms with Gasteiger partial charge >= 0.3 is 0 Å². The summed E-state index contributed by atoms with van der Waals surface area (Å²) in [6, 6.07) is 8.75. The summed E-state index contributed by atoms with van der Waals surface area (Å²) in [5.41, 5.74) is 1.39. The summed E-state index contributed by atoms with van der Waals surface area (Å²) in [6.45, 7) is 4.26. The molecule has 1 fully saturated rings.